The van der Waals surface area contributed by atoms with Crippen molar-refractivity contribution >= 4 is 5.69 Å². The second-order valence-electron chi connectivity index (χ2n) is 6.35. The lowest BCUT2D eigenvalue weighted by atomic mass is 10.2. The summed E-state index contributed by atoms with van der Waals surface area (Å²) in [5, 5.41) is 7.36. The summed E-state index contributed by atoms with van der Waals surface area (Å²) in [7, 11) is 3.18. The maximum atomic E-state index is 5.96. The first-order valence-corrected chi connectivity index (χ1v) is 9.37. The summed E-state index contributed by atoms with van der Waals surface area (Å²) in [4.78, 5) is 4.46. The van der Waals surface area contributed by atoms with Crippen LogP contribution >= 0.6 is 0 Å². The maximum Gasteiger partial charge on any atom is 0.246 e. The third kappa shape index (κ3) is 4.35. The molecule has 1 N–H and O–H groups in total. The minimum atomic E-state index is 0.357. The van der Waals surface area contributed by atoms with Crippen molar-refractivity contribution in [3.63, 3.8) is 0 Å². The van der Waals surface area contributed by atoms with Crippen LogP contribution in [0.2, 0.25) is 0 Å². The van der Waals surface area contributed by atoms with Crippen molar-refractivity contribution in [2.75, 3.05) is 19.5 Å². The molecular formula is C23H21N3O4. The molecule has 0 amide bonds. The lowest BCUT2D eigenvalue weighted by Crippen LogP contribution is -2.01. The molecule has 0 radical (unpaired) electrons. The maximum absolute atomic E-state index is 5.96. The number of aromatic nitrogens is 2. The summed E-state index contributed by atoms with van der Waals surface area (Å²) < 4.78 is 22.0. The largest absolute Gasteiger partial charge is 0.493 e. The van der Waals surface area contributed by atoms with Crippen molar-refractivity contribution in [1.82, 2.24) is 10.1 Å². The van der Waals surface area contributed by atoms with E-state index < -0.39 is 0 Å². The Bertz CT molecular complexity index is 1110. The van der Waals surface area contributed by atoms with E-state index in [0.29, 0.717) is 35.5 Å². The Hall–Kier alpha value is -4.00. The molecule has 1 heterocycles. The second kappa shape index (κ2) is 9.00. The van der Waals surface area contributed by atoms with Gasteiger partial charge in [0.2, 0.25) is 11.7 Å². The van der Waals surface area contributed by atoms with Crippen molar-refractivity contribution < 1.29 is 18.7 Å². The molecule has 0 atom stereocenters. The average molecular weight is 403 g/mol. The van der Waals surface area contributed by atoms with Gasteiger partial charge in [-0.2, -0.15) is 4.98 Å². The van der Waals surface area contributed by atoms with Crippen LogP contribution in [-0.4, -0.2) is 24.4 Å². The highest BCUT2D eigenvalue weighted by atomic mass is 16.5. The molecular weight excluding hydrogens is 382 g/mol. The van der Waals surface area contributed by atoms with Gasteiger partial charge in [0.1, 0.15) is 5.75 Å². The Morgan fingerprint density at radius 2 is 1.60 bits per heavy atom. The fourth-order valence-electron chi connectivity index (χ4n) is 2.91. The average Bonchev–Trinajstić information content (AvgIpc) is 3.28. The van der Waals surface area contributed by atoms with E-state index in [0.717, 1.165) is 17.0 Å². The molecule has 30 heavy (non-hydrogen) atoms. The van der Waals surface area contributed by atoms with Gasteiger partial charge in [-0.25, -0.2) is 0 Å². The molecule has 0 aliphatic carbocycles. The zero-order valence-electron chi connectivity index (χ0n) is 16.7. The summed E-state index contributed by atoms with van der Waals surface area (Å²) in [5.41, 5.74) is 1.60. The van der Waals surface area contributed by atoms with Gasteiger partial charge >= 0.3 is 0 Å². The van der Waals surface area contributed by atoms with Gasteiger partial charge in [-0.05, 0) is 42.5 Å². The van der Waals surface area contributed by atoms with E-state index in [1.165, 1.54) is 0 Å². The Kier molecular flexibility index (Phi) is 5.80. The smallest absolute Gasteiger partial charge is 0.246 e. The molecule has 0 saturated carbocycles. The van der Waals surface area contributed by atoms with E-state index in [4.69, 9.17) is 18.7 Å². The number of hydrogen-bond acceptors (Lipinski definition) is 7. The Morgan fingerprint density at radius 1 is 0.833 bits per heavy atom. The molecule has 0 aliphatic rings. The number of ether oxygens (including phenoxy) is 3. The van der Waals surface area contributed by atoms with Gasteiger partial charge in [-0.1, -0.05) is 35.5 Å². The highest BCUT2D eigenvalue weighted by Gasteiger charge is 2.13. The van der Waals surface area contributed by atoms with E-state index in [9.17, 15) is 0 Å². The number of benzene rings is 3. The molecule has 1 aromatic heterocycles. The van der Waals surface area contributed by atoms with Crippen molar-refractivity contribution in [2.45, 2.75) is 6.54 Å². The SMILES string of the molecule is COc1ccc(-c2noc(CNc3ccccc3Oc3ccccc3)n2)cc1OC. The van der Waals surface area contributed by atoms with Crippen LogP contribution in [0, 0.1) is 0 Å². The van der Waals surface area contributed by atoms with Crippen LogP contribution in [-0.2, 0) is 6.54 Å². The molecule has 0 unspecified atom stereocenters. The van der Waals surface area contributed by atoms with Crippen LogP contribution in [0.3, 0.4) is 0 Å². The first-order valence-electron chi connectivity index (χ1n) is 9.37. The molecule has 0 bridgehead atoms. The monoisotopic (exact) mass is 403 g/mol. The van der Waals surface area contributed by atoms with E-state index in [1.54, 1.807) is 20.3 Å². The second-order valence-corrected chi connectivity index (χ2v) is 6.35. The molecule has 152 valence electrons. The third-order valence-corrected chi connectivity index (χ3v) is 4.40. The van der Waals surface area contributed by atoms with Crippen LogP contribution in [0.15, 0.2) is 77.3 Å². The quantitative estimate of drug-likeness (QED) is 0.435. The third-order valence-electron chi connectivity index (χ3n) is 4.40. The summed E-state index contributed by atoms with van der Waals surface area (Å²) in [6, 6.07) is 22.8. The highest BCUT2D eigenvalue weighted by Crippen LogP contribution is 2.32. The molecule has 0 spiro atoms. The predicted octanol–water partition coefficient (Wildman–Crippen LogP) is 5.16. The molecule has 0 aliphatic heterocycles. The van der Waals surface area contributed by atoms with Gasteiger partial charge in [0.05, 0.1) is 26.5 Å². The highest BCUT2D eigenvalue weighted by molar-refractivity contribution is 5.61. The molecule has 7 heteroatoms. The zero-order chi connectivity index (χ0) is 20.8. The number of anilines is 1. The summed E-state index contributed by atoms with van der Waals surface area (Å²) in [5.74, 6) is 3.65. The fourth-order valence-corrected chi connectivity index (χ4v) is 2.91. The lowest BCUT2D eigenvalue weighted by molar-refractivity contribution is 0.355. The summed E-state index contributed by atoms with van der Waals surface area (Å²) in [6.45, 7) is 0.357. The van der Waals surface area contributed by atoms with Gasteiger partial charge < -0.3 is 24.1 Å². The van der Waals surface area contributed by atoms with Crippen molar-refractivity contribution in [3.8, 4) is 34.4 Å². The molecule has 3 aromatic carbocycles. The minimum absolute atomic E-state index is 0.357. The van der Waals surface area contributed by atoms with Gasteiger partial charge in [0.25, 0.3) is 0 Å². The van der Waals surface area contributed by atoms with Crippen LogP contribution in [0.5, 0.6) is 23.0 Å². The normalized spacial score (nSPS) is 10.5. The van der Waals surface area contributed by atoms with Crippen LogP contribution in [0.25, 0.3) is 11.4 Å². The zero-order valence-corrected chi connectivity index (χ0v) is 16.7. The van der Waals surface area contributed by atoms with Gasteiger partial charge in [-0.3, -0.25) is 0 Å². The van der Waals surface area contributed by atoms with Crippen LogP contribution in [0.4, 0.5) is 5.69 Å². The Balaban J connectivity index is 1.47. The molecule has 7 nitrogen and oxygen atoms in total. The summed E-state index contributed by atoms with van der Waals surface area (Å²) >= 11 is 0. The molecule has 4 aromatic rings. The van der Waals surface area contributed by atoms with Gasteiger partial charge in [0, 0.05) is 5.56 Å². The number of methoxy groups -OCH3 is 2. The lowest BCUT2D eigenvalue weighted by Gasteiger charge is -2.11. The Morgan fingerprint density at radius 3 is 2.40 bits per heavy atom. The van der Waals surface area contributed by atoms with Crippen LogP contribution < -0.4 is 19.5 Å². The van der Waals surface area contributed by atoms with E-state index in [2.05, 4.69) is 15.5 Å². The first kappa shape index (κ1) is 19.3. The van der Waals surface area contributed by atoms with Crippen molar-refractivity contribution in [1.29, 1.82) is 0 Å². The summed E-state index contributed by atoms with van der Waals surface area (Å²) in [6.07, 6.45) is 0. The standard InChI is InChI=1S/C23H21N3O4/c1-27-20-13-12-16(14-21(20)28-2)23-25-22(30-26-23)15-24-18-10-6-7-11-19(18)29-17-8-4-3-5-9-17/h3-14,24H,15H2,1-2H3. The van der Waals surface area contributed by atoms with Gasteiger partial charge in [0.15, 0.2) is 17.2 Å². The van der Waals surface area contributed by atoms with Crippen molar-refractivity contribution in [2.24, 2.45) is 0 Å². The van der Waals surface area contributed by atoms with Crippen LogP contribution in [0.1, 0.15) is 5.89 Å². The number of rotatable bonds is 8. The Labute approximate surface area is 174 Å². The number of nitrogens with zero attached hydrogens (tertiary/aromatic N) is 2. The van der Waals surface area contributed by atoms with E-state index in [-0.39, 0.29) is 0 Å². The number of nitrogens with one attached hydrogen (secondary N) is 1. The van der Waals surface area contributed by atoms with Gasteiger partial charge in [-0.15, -0.1) is 0 Å². The van der Waals surface area contributed by atoms with E-state index >= 15 is 0 Å². The fraction of sp³-hybridized carbons (Fsp3) is 0.130. The molecule has 0 fully saturated rings. The topological polar surface area (TPSA) is 78.6 Å². The number of hydrogen-bond donors (Lipinski definition) is 1. The molecule has 4 rings (SSSR count). The number of para-hydroxylation sites is 3. The predicted molar refractivity (Wildman–Crippen MR) is 113 cm³/mol. The first-order chi connectivity index (χ1) is 14.8. The minimum Gasteiger partial charge on any atom is -0.493 e. The molecule has 0 saturated heterocycles. The van der Waals surface area contributed by atoms with Crippen molar-refractivity contribution in [3.05, 3.63) is 78.7 Å². The van der Waals surface area contributed by atoms with E-state index in [1.807, 2.05) is 66.7 Å².